The lowest BCUT2D eigenvalue weighted by molar-refractivity contribution is 0.0847. The quantitative estimate of drug-likeness (QED) is 0.736. The number of amides is 1. The minimum atomic E-state index is -3.04. The maximum Gasteiger partial charge on any atom is 0.410 e. The van der Waals surface area contributed by atoms with Gasteiger partial charge >= 0.3 is 6.09 Å². The molecule has 1 unspecified atom stereocenters. The van der Waals surface area contributed by atoms with Gasteiger partial charge in [0.05, 0.1) is 30.8 Å². The van der Waals surface area contributed by atoms with E-state index in [4.69, 9.17) is 9.84 Å². The van der Waals surface area contributed by atoms with Gasteiger partial charge in [-0.15, -0.1) is 0 Å². The monoisotopic (exact) mass is 251 g/mol. The third-order valence-corrected chi connectivity index (χ3v) is 4.24. The highest BCUT2D eigenvalue weighted by Gasteiger charge is 2.34. The second-order valence-corrected chi connectivity index (χ2v) is 5.90. The first-order valence-electron chi connectivity index (χ1n) is 5.25. The Labute approximate surface area is 95.1 Å². The smallest absolute Gasteiger partial charge is 0.410 e. The summed E-state index contributed by atoms with van der Waals surface area (Å²) in [7, 11) is -3.04. The molecular weight excluding hydrogens is 234 g/mol. The van der Waals surface area contributed by atoms with Crippen molar-refractivity contribution in [1.82, 2.24) is 4.90 Å². The molecule has 1 saturated heterocycles. The van der Waals surface area contributed by atoms with Crippen LogP contribution in [-0.2, 0) is 14.6 Å². The van der Waals surface area contributed by atoms with Crippen LogP contribution in [0, 0.1) is 0 Å². The van der Waals surface area contributed by atoms with Gasteiger partial charge in [-0.3, -0.25) is 0 Å². The normalized spacial score (nSPS) is 23.0. The van der Waals surface area contributed by atoms with Crippen molar-refractivity contribution in [3.05, 3.63) is 0 Å². The molecule has 1 atom stereocenters. The Hall–Kier alpha value is -0.820. The number of carbonyl (C=O) groups excluding carboxylic acids is 1. The molecule has 0 aromatic carbocycles. The Kier molecular flexibility index (Phi) is 4.55. The number of carbonyl (C=O) groups is 1. The number of hydrogen-bond acceptors (Lipinski definition) is 5. The van der Waals surface area contributed by atoms with Gasteiger partial charge in [0.2, 0.25) is 0 Å². The van der Waals surface area contributed by atoms with Gasteiger partial charge in [-0.05, 0) is 13.3 Å². The van der Waals surface area contributed by atoms with Crippen LogP contribution in [-0.4, -0.2) is 61.8 Å². The predicted molar refractivity (Wildman–Crippen MR) is 57.9 cm³/mol. The van der Waals surface area contributed by atoms with Crippen molar-refractivity contribution in [3.8, 4) is 0 Å². The fourth-order valence-electron chi connectivity index (χ4n) is 1.76. The summed E-state index contributed by atoms with van der Waals surface area (Å²) in [5.74, 6) is 0.0603. The number of rotatable bonds is 4. The number of aliphatic hydroxyl groups is 1. The second-order valence-electron chi connectivity index (χ2n) is 3.67. The molecule has 16 heavy (non-hydrogen) atoms. The molecule has 0 aromatic rings. The maximum absolute atomic E-state index is 11.5. The van der Waals surface area contributed by atoms with Crippen LogP contribution in [0.15, 0.2) is 0 Å². The van der Waals surface area contributed by atoms with E-state index >= 15 is 0 Å². The van der Waals surface area contributed by atoms with Crippen LogP contribution in [0.3, 0.4) is 0 Å². The Morgan fingerprint density at radius 1 is 1.56 bits per heavy atom. The van der Waals surface area contributed by atoms with E-state index in [0.29, 0.717) is 6.42 Å². The standard InChI is InChI=1S/C9H17NO5S/c1-2-15-9(12)10(4-5-11)8-3-6-16(13,14)7-8/h8,11H,2-7H2,1H3. The van der Waals surface area contributed by atoms with E-state index in [-0.39, 0.29) is 37.3 Å². The number of hydrogen-bond donors (Lipinski definition) is 1. The van der Waals surface area contributed by atoms with Crippen molar-refractivity contribution >= 4 is 15.9 Å². The first-order chi connectivity index (χ1) is 7.50. The lowest BCUT2D eigenvalue weighted by Gasteiger charge is -2.26. The second kappa shape index (κ2) is 5.49. The number of ether oxygens (including phenoxy) is 1. The Balaban J connectivity index is 2.67. The lowest BCUT2D eigenvalue weighted by Crippen LogP contribution is -2.43. The highest BCUT2D eigenvalue weighted by atomic mass is 32.2. The first-order valence-corrected chi connectivity index (χ1v) is 7.07. The first kappa shape index (κ1) is 13.2. The van der Waals surface area contributed by atoms with E-state index in [2.05, 4.69) is 0 Å². The predicted octanol–water partition coefficient (Wildman–Crippen LogP) is -0.376. The van der Waals surface area contributed by atoms with Crippen LogP contribution < -0.4 is 0 Å². The van der Waals surface area contributed by atoms with Gasteiger partial charge in [0.15, 0.2) is 9.84 Å². The fraction of sp³-hybridized carbons (Fsp3) is 0.889. The molecule has 0 spiro atoms. The summed E-state index contributed by atoms with van der Waals surface area (Å²) >= 11 is 0. The topological polar surface area (TPSA) is 83.9 Å². The zero-order chi connectivity index (χ0) is 12.2. The summed E-state index contributed by atoms with van der Waals surface area (Å²) < 4.78 is 27.4. The summed E-state index contributed by atoms with van der Waals surface area (Å²) in [4.78, 5) is 12.8. The van der Waals surface area contributed by atoms with E-state index in [1.54, 1.807) is 6.92 Å². The maximum atomic E-state index is 11.5. The highest BCUT2D eigenvalue weighted by molar-refractivity contribution is 7.91. The van der Waals surface area contributed by atoms with Crippen LogP contribution in [0.25, 0.3) is 0 Å². The molecular formula is C9H17NO5S. The molecule has 1 amide bonds. The van der Waals surface area contributed by atoms with Gasteiger partial charge in [-0.1, -0.05) is 0 Å². The average Bonchev–Trinajstić information content (AvgIpc) is 2.55. The van der Waals surface area contributed by atoms with Crippen molar-refractivity contribution in [2.24, 2.45) is 0 Å². The number of sulfone groups is 1. The van der Waals surface area contributed by atoms with Gasteiger partial charge < -0.3 is 14.7 Å². The van der Waals surface area contributed by atoms with Crippen LogP contribution in [0.2, 0.25) is 0 Å². The van der Waals surface area contributed by atoms with Crippen molar-refractivity contribution in [2.75, 3.05) is 31.3 Å². The van der Waals surface area contributed by atoms with E-state index < -0.39 is 15.9 Å². The fourth-order valence-corrected chi connectivity index (χ4v) is 3.49. The van der Waals surface area contributed by atoms with Crippen LogP contribution >= 0.6 is 0 Å². The van der Waals surface area contributed by atoms with Crippen LogP contribution in [0.4, 0.5) is 4.79 Å². The molecule has 6 nitrogen and oxygen atoms in total. The van der Waals surface area contributed by atoms with Crippen molar-refractivity contribution in [1.29, 1.82) is 0 Å². The SMILES string of the molecule is CCOC(=O)N(CCO)C1CCS(=O)(=O)C1. The van der Waals surface area contributed by atoms with Crippen molar-refractivity contribution in [3.63, 3.8) is 0 Å². The van der Waals surface area contributed by atoms with Gasteiger partial charge in [0.1, 0.15) is 0 Å². The summed E-state index contributed by atoms with van der Waals surface area (Å²) in [6, 6.07) is -0.365. The lowest BCUT2D eigenvalue weighted by atomic mass is 10.2. The largest absolute Gasteiger partial charge is 0.450 e. The summed E-state index contributed by atoms with van der Waals surface area (Å²) in [5.41, 5.74) is 0. The Morgan fingerprint density at radius 2 is 2.25 bits per heavy atom. The molecule has 94 valence electrons. The van der Waals surface area contributed by atoms with Crippen LogP contribution in [0.5, 0.6) is 0 Å². The molecule has 1 rings (SSSR count). The van der Waals surface area contributed by atoms with E-state index in [1.807, 2.05) is 0 Å². The molecule has 1 N–H and O–H groups in total. The van der Waals surface area contributed by atoms with Gasteiger partial charge in [0.25, 0.3) is 0 Å². The third-order valence-electron chi connectivity index (χ3n) is 2.49. The molecule has 0 aromatic heterocycles. The van der Waals surface area contributed by atoms with E-state index in [0.717, 1.165) is 0 Å². The molecule has 1 aliphatic rings. The summed E-state index contributed by atoms with van der Waals surface area (Å²) in [6.07, 6.45) is -0.139. The van der Waals surface area contributed by atoms with Gasteiger partial charge in [-0.25, -0.2) is 13.2 Å². The molecule has 1 aliphatic heterocycles. The van der Waals surface area contributed by atoms with Crippen molar-refractivity contribution in [2.45, 2.75) is 19.4 Å². The molecule has 1 heterocycles. The zero-order valence-electron chi connectivity index (χ0n) is 9.26. The Bertz CT molecular complexity index is 340. The van der Waals surface area contributed by atoms with Gasteiger partial charge in [0, 0.05) is 6.54 Å². The molecule has 0 radical (unpaired) electrons. The zero-order valence-corrected chi connectivity index (χ0v) is 10.1. The molecule has 7 heteroatoms. The number of nitrogens with zero attached hydrogens (tertiary/aromatic N) is 1. The minimum absolute atomic E-state index is 0.0359. The van der Waals surface area contributed by atoms with E-state index in [1.165, 1.54) is 4.90 Å². The van der Waals surface area contributed by atoms with Crippen LogP contribution in [0.1, 0.15) is 13.3 Å². The minimum Gasteiger partial charge on any atom is -0.450 e. The third kappa shape index (κ3) is 3.34. The molecule has 0 saturated carbocycles. The van der Waals surface area contributed by atoms with E-state index in [9.17, 15) is 13.2 Å². The Morgan fingerprint density at radius 3 is 2.69 bits per heavy atom. The molecule has 1 fully saturated rings. The average molecular weight is 251 g/mol. The number of aliphatic hydroxyl groups excluding tert-OH is 1. The summed E-state index contributed by atoms with van der Waals surface area (Å²) in [6.45, 7) is 1.83. The van der Waals surface area contributed by atoms with Gasteiger partial charge in [-0.2, -0.15) is 0 Å². The summed E-state index contributed by atoms with van der Waals surface area (Å²) in [5, 5.41) is 8.85. The molecule has 0 aliphatic carbocycles. The van der Waals surface area contributed by atoms with Crippen molar-refractivity contribution < 1.29 is 23.1 Å². The highest BCUT2D eigenvalue weighted by Crippen LogP contribution is 2.18. The molecule has 0 bridgehead atoms.